The number of carbonyl (C=O) groups excluding carboxylic acids is 2. The number of nitrogens with one attached hydrogen (secondary N) is 1. The van der Waals surface area contributed by atoms with Crippen molar-refractivity contribution in [1.29, 1.82) is 5.26 Å². The molecule has 1 saturated carbocycles. The van der Waals surface area contributed by atoms with E-state index in [9.17, 15) is 14.9 Å². The minimum atomic E-state index is -0.894. The fraction of sp³-hybridized carbons (Fsp3) is 0.409. The van der Waals surface area contributed by atoms with Crippen molar-refractivity contribution in [1.82, 2.24) is 9.88 Å². The van der Waals surface area contributed by atoms with Crippen LogP contribution >= 0.6 is 0 Å². The molecular formula is C22H25N3O3. The van der Waals surface area contributed by atoms with Crippen LogP contribution in [0.2, 0.25) is 0 Å². The summed E-state index contributed by atoms with van der Waals surface area (Å²) in [6.45, 7) is 5.78. The van der Waals surface area contributed by atoms with Gasteiger partial charge in [-0.15, -0.1) is 0 Å². The second kappa shape index (κ2) is 7.89. The highest BCUT2D eigenvalue weighted by atomic mass is 16.5. The van der Waals surface area contributed by atoms with E-state index in [4.69, 9.17) is 4.74 Å². The number of nitrogens with zero attached hydrogens (tertiary/aromatic N) is 2. The molecule has 146 valence electrons. The molecule has 0 radical (unpaired) electrons. The average molecular weight is 379 g/mol. The Labute approximate surface area is 165 Å². The van der Waals surface area contributed by atoms with Crippen LogP contribution in [0.25, 0.3) is 0 Å². The van der Waals surface area contributed by atoms with Crippen molar-refractivity contribution in [2.45, 2.75) is 45.7 Å². The highest BCUT2D eigenvalue weighted by molar-refractivity contribution is 5.93. The van der Waals surface area contributed by atoms with E-state index in [-0.39, 0.29) is 5.92 Å². The maximum Gasteiger partial charge on any atom is 0.340 e. The Morgan fingerprint density at radius 1 is 1.29 bits per heavy atom. The molecule has 6 nitrogen and oxygen atoms in total. The molecule has 2 aromatic rings. The topological polar surface area (TPSA) is 84.1 Å². The predicted molar refractivity (Wildman–Crippen MR) is 105 cm³/mol. The van der Waals surface area contributed by atoms with Gasteiger partial charge in [-0.2, -0.15) is 5.26 Å². The van der Waals surface area contributed by atoms with Gasteiger partial charge in [-0.3, -0.25) is 4.79 Å². The number of carbonyl (C=O) groups is 2. The van der Waals surface area contributed by atoms with Crippen LogP contribution in [0.4, 0.5) is 0 Å². The van der Waals surface area contributed by atoms with E-state index in [1.54, 1.807) is 13.0 Å². The summed E-state index contributed by atoms with van der Waals surface area (Å²) >= 11 is 0. The molecule has 1 aromatic heterocycles. The summed E-state index contributed by atoms with van der Waals surface area (Å²) in [6.07, 6.45) is 1.86. The van der Waals surface area contributed by atoms with E-state index in [1.165, 1.54) is 0 Å². The van der Waals surface area contributed by atoms with Crippen LogP contribution in [-0.4, -0.2) is 28.6 Å². The zero-order valence-corrected chi connectivity index (χ0v) is 16.5. The maximum atomic E-state index is 12.5. The number of rotatable bonds is 7. The molecule has 0 bridgehead atoms. The number of hydrogen-bond donors (Lipinski definition) is 1. The summed E-state index contributed by atoms with van der Waals surface area (Å²) < 4.78 is 7.25. The Hall–Kier alpha value is -3.07. The number of amides is 1. The molecule has 1 amide bonds. The van der Waals surface area contributed by atoms with Crippen LogP contribution in [0.3, 0.4) is 0 Å². The fourth-order valence-corrected chi connectivity index (χ4v) is 3.43. The molecule has 1 N–H and O–H groups in total. The first-order valence-corrected chi connectivity index (χ1v) is 9.44. The number of benzene rings is 1. The molecule has 0 aliphatic heterocycles. The van der Waals surface area contributed by atoms with Gasteiger partial charge in [0.15, 0.2) is 6.61 Å². The van der Waals surface area contributed by atoms with Crippen LogP contribution in [0, 0.1) is 31.1 Å². The lowest BCUT2D eigenvalue weighted by molar-refractivity contribution is -0.125. The van der Waals surface area contributed by atoms with Crippen molar-refractivity contribution < 1.29 is 14.3 Å². The van der Waals surface area contributed by atoms with Gasteiger partial charge in [0.05, 0.1) is 11.6 Å². The van der Waals surface area contributed by atoms with E-state index in [2.05, 4.69) is 11.4 Å². The lowest BCUT2D eigenvalue weighted by atomic mass is 9.98. The molecule has 0 unspecified atom stereocenters. The average Bonchev–Trinajstić information content (AvgIpc) is 3.50. The summed E-state index contributed by atoms with van der Waals surface area (Å²) in [6, 6.07) is 13.9. The lowest BCUT2D eigenvalue weighted by Crippen LogP contribution is -2.48. The van der Waals surface area contributed by atoms with Crippen LogP contribution in [0.15, 0.2) is 36.4 Å². The zero-order chi connectivity index (χ0) is 20.3. The summed E-state index contributed by atoms with van der Waals surface area (Å²) in [7, 11) is 0. The molecule has 1 fully saturated rings. The Bertz CT molecular complexity index is 922. The molecule has 28 heavy (non-hydrogen) atoms. The molecule has 1 atom stereocenters. The second-order valence-electron chi connectivity index (χ2n) is 7.57. The van der Waals surface area contributed by atoms with Gasteiger partial charge in [0.25, 0.3) is 5.91 Å². The zero-order valence-electron chi connectivity index (χ0n) is 16.5. The van der Waals surface area contributed by atoms with Crippen molar-refractivity contribution in [2.24, 2.45) is 5.92 Å². The summed E-state index contributed by atoms with van der Waals surface area (Å²) in [5.74, 6) is -0.816. The molecular weight excluding hydrogens is 354 g/mol. The van der Waals surface area contributed by atoms with E-state index in [0.29, 0.717) is 12.1 Å². The number of aromatic nitrogens is 1. The molecule has 1 aliphatic rings. The summed E-state index contributed by atoms with van der Waals surface area (Å²) in [4.78, 5) is 24.6. The van der Waals surface area contributed by atoms with Crippen molar-refractivity contribution in [3.05, 3.63) is 58.9 Å². The molecule has 6 heteroatoms. The predicted octanol–water partition coefficient (Wildman–Crippen LogP) is 3.12. The van der Waals surface area contributed by atoms with E-state index < -0.39 is 24.0 Å². The first-order chi connectivity index (χ1) is 13.3. The Kier molecular flexibility index (Phi) is 5.55. The quantitative estimate of drug-likeness (QED) is 0.749. The van der Waals surface area contributed by atoms with Gasteiger partial charge < -0.3 is 14.6 Å². The summed E-state index contributed by atoms with van der Waals surface area (Å²) in [5, 5.41) is 12.0. The lowest BCUT2D eigenvalue weighted by Gasteiger charge is -2.22. The van der Waals surface area contributed by atoms with E-state index in [1.807, 2.05) is 48.7 Å². The number of hydrogen-bond acceptors (Lipinski definition) is 4. The van der Waals surface area contributed by atoms with Crippen LogP contribution < -0.4 is 5.32 Å². The highest BCUT2D eigenvalue weighted by Gasteiger charge is 2.43. The third-order valence-electron chi connectivity index (χ3n) is 5.34. The van der Waals surface area contributed by atoms with Crippen LogP contribution in [-0.2, 0) is 16.1 Å². The highest BCUT2D eigenvalue weighted by Crippen LogP contribution is 2.39. The van der Waals surface area contributed by atoms with Crippen molar-refractivity contribution in [3.8, 4) is 6.07 Å². The van der Waals surface area contributed by atoms with Gasteiger partial charge in [0.1, 0.15) is 5.54 Å². The van der Waals surface area contributed by atoms with Gasteiger partial charge in [-0.05, 0) is 51.2 Å². The third kappa shape index (κ3) is 4.25. The number of nitriles is 1. The first kappa shape index (κ1) is 19.7. The SMILES string of the molecule is Cc1cc(C(=O)OCC(=O)N[C@](C)(C#N)C2CC2)c(C)n1Cc1ccccc1. The van der Waals surface area contributed by atoms with Crippen LogP contribution in [0.1, 0.15) is 47.1 Å². The number of aryl methyl sites for hydroxylation is 1. The van der Waals surface area contributed by atoms with E-state index in [0.717, 1.165) is 29.8 Å². The van der Waals surface area contributed by atoms with Gasteiger partial charge in [0.2, 0.25) is 0 Å². The van der Waals surface area contributed by atoms with Crippen molar-refractivity contribution in [2.75, 3.05) is 6.61 Å². The van der Waals surface area contributed by atoms with E-state index >= 15 is 0 Å². The normalized spacial score (nSPS) is 15.4. The van der Waals surface area contributed by atoms with Crippen LogP contribution in [0.5, 0.6) is 0 Å². The Morgan fingerprint density at radius 2 is 1.96 bits per heavy atom. The largest absolute Gasteiger partial charge is 0.452 e. The molecule has 0 saturated heterocycles. The third-order valence-corrected chi connectivity index (χ3v) is 5.34. The fourth-order valence-electron chi connectivity index (χ4n) is 3.43. The van der Waals surface area contributed by atoms with Crippen molar-refractivity contribution in [3.63, 3.8) is 0 Å². The first-order valence-electron chi connectivity index (χ1n) is 9.44. The number of ether oxygens (including phenoxy) is 1. The van der Waals surface area contributed by atoms with Gasteiger partial charge >= 0.3 is 5.97 Å². The minimum absolute atomic E-state index is 0.175. The molecule has 1 heterocycles. The molecule has 1 aliphatic carbocycles. The van der Waals surface area contributed by atoms with Gasteiger partial charge in [-0.25, -0.2) is 4.79 Å². The standard InChI is InChI=1S/C22H25N3O3/c1-15-11-19(16(2)25(15)12-17-7-5-4-6-8-17)21(27)28-13-20(26)24-22(3,14-23)18-9-10-18/h4-8,11,18H,9-10,12-13H2,1-3H3,(H,24,26)/t22-/m1/s1. The summed E-state index contributed by atoms with van der Waals surface area (Å²) in [5.41, 5.74) is 2.44. The molecule has 0 spiro atoms. The van der Waals surface area contributed by atoms with Gasteiger partial charge in [-0.1, -0.05) is 30.3 Å². The smallest absolute Gasteiger partial charge is 0.340 e. The monoisotopic (exact) mass is 379 g/mol. The Morgan fingerprint density at radius 3 is 2.57 bits per heavy atom. The second-order valence-corrected chi connectivity index (χ2v) is 7.57. The minimum Gasteiger partial charge on any atom is -0.452 e. The number of esters is 1. The van der Waals surface area contributed by atoms with Crippen molar-refractivity contribution >= 4 is 11.9 Å². The maximum absolute atomic E-state index is 12.5. The molecule has 1 aromatic carbocycles. The van der Waals surface area contributed by atoms with Gasteiger partial charge in [0, 0.05) is 17.9 Å². The molecule has 3 rings (SSSR count). The Balaban J connectivity index is 1.62.